The molecule has 9 nitrogen and oxygen atoms in total. The van der Waals surface area contributed by atoms with Crippen LogP contribution in [-0.2, 0) is 26.0 Å². The first-order valence-electron chi connectivity index (χ1n) is 11.4. The van der Waals surface area contributed by atoms with Crippen LogP contribution in [0.3, 0.4) is 0 Å². The molecule has 2 aromatic rings. The highest BCUT2D eigenvalue weighted by atomic mass is 32.2. The Morgan fingerprint density at radius 3 is 2.31 bits per heavy atom. The minimum absolute atomic E-state index is 0.175. The monoisotopic (exact) mass is 505 g/mol. The predicted octanol–water partition coefficient (Wildman–Crippen LogP) is 2.46. The van der Waals surface area contributed by atoms with E-state index in [-0.39, 0.29) is 23.9 Å². The number of benzene rings is 2. The van der Waals surface area contributed by atoms with Crippen molar-refractivity contribution in [2.45, 2.75) is 32.7 Å². The Labute approximate surface area is 208 Å². The lowest BCUT2D eigenvalue weighted by Crippen LogP contribution is -2.52. The van der Waals surface area contributed by atoms with Gasteiger partial charge in [-0.3, -0.25) is 13.9 Å². The standard InChI is InChI=1S/C25H35N3O6S/c1-6-15-26-25(30)19(2)27(16-14-20-10-8-7-9-11-20)24(29)18-28(35(5,31)32)22-17-21(33-3)12-13-23(22)34-4/h7-13,17,19H,6,14-16,18H2,1-5H3,(H,26,30)/t19-/m0/s1. The summed E-state index contributed by atoms with van der Waals surface area (Å²) >= 11 is 0. The number of anilines is 1. The molecule has 0 aliphatic heterocycles. The van der Waals surface area contributed by atoms with E-state index in [9.17, 15) is 18.0 Å². The van der Waals surface area contributed by atoms with Gasteiger partial charge in [0.1, 0.15) is 24.1 Å². The molecule has 0 radical (unpaired) electrons. The molecule has 0 heterocycles. The van der Waals surface area contributed by atoms with Crippen molar-refractivity contribution >= 4 is 27.5 Å². The first-order valence-corrected chi connectivity index (χ1v) is 13.3. The van der Waals surface area contributed by atoms with Crippen LogP contribution in [0.15, 0.2) is 48.5 Å². The topological polar surface area (TPSA) is 105 Å². The van der Waals surface area contributed by atoms with Gasteiger partial charge in [0.05, 0.1) is 26.2 Å². The van der Waals surface area contributed by atoms with Gasteiger partial charge >= 0.3 is 0 Å². The molecule has 2 rings (SSSR count). The van der Waals surface area contributed by atoms with E-state index < -0.39 is 28.5 Å². The largest absolute Gasteiger partial charge is 0.497 e. The number of methoxy groups -OCH3 is 2. The van der Waals surface area contributed by atoms with Crippen LogP contribution in [0.5, 0.6) is 11.5 Å². The van der Waals surface area contributed by atoms with Gasteiger partial charge in [-0.25, -0.2) is 8.42 Å². The van der Waals surface area contributed by atoms with Crippen molar-refractivity contribution in [2.75, 3.05) is 44.4 Å². The van der Waals surface area contributed by atoms with Crippen LogP contribution in [0.4, 0.5) is 5.69 Å². The third-order valence-corrected chi connectivity index (χ3v) is 6.66. The van der Waals surface area contributed by atoms with E-state index in [4.69, 9.17) is 9.47 Å². The van der Waals surface area contributed by atoms with Gasteiger partial charge in [0.25, 0.3) is 0 Å². The van der Waals surface area contributed by atoms with Gasteiger partial charge < -0.3 is 19.7 Å². The third kappa shape index (κ3) is 7.88. The van der Waals surface area contributed by atoms with Crippen LogP contribution in [0.2, 0.25) is 0 Å². The summed E-state index contributed by atoms with van der Waals surface area (Å²) in [6.07, 6.45) is 2.29. The number of ether oxygens (including phenoxy) is 2. The Hall–Kier alpha value is -3.27. The molecule has 10 heteroatoms. The molecule has 0 spiro atoms. The molecule has 0 aromatic heterocycles. The zero-order chi connectivity index (χ0) is 26.0. The summed E-state index contributed by atoms with van der Waals surface area (Å²) in [5, 5.41) is 2.81. The van der Waals surface area contributed by atoms with E-state index in [1.54, 1.807) is 19.1 Å². The Morgan fingerprint density at radius 2 is 1.74 bits per heavy atom. The van der Waals surface area contributed by atoms with Crippen molar-refractivity contribution in [2.24, 2.45) is 0 Å². The Morgan fingerprint density at radius 1 is 1.06 bits per heavy atom. The number of nitrogens with one attached hydrogen (secondary N) is 1. The Balaban J connectivity index is 2.39. The van der Waals surface area contributed by atoms with Crippen molar-refractivity contribution in [3.63, 3.8) is 0 Å². The molecule has 0 saturated carbocycles. The zero-order valence-electron chi connectivity index (χ0n) is 21.0. The summed E-state index contributed by atoms with van der Waals surface area (Å²) in [6.45, 7) is 3.82. The normalized spacial score (nSPS) is 11.9. The smallest absolute Gasteiger partial charge is 0.244 e. The predicted molar refractivity (Wildman–Crippen MR) is 136 cm³/mol. The van der Waals surface area contributed by atoms with Crippen LogP contribution in [0, 0.1) is 0 Å². The van der Waals surface area contributed by atoms with E-state index >= 15 is 0 Å². The Bertz CT molecular complexity index is 1090. The molecular weight excluding hydrogens is 470 g/mol. The minimum atomic E-state index is -3.88. The van der Waals surface area contributed by atoms with E-state index in [1.165, 1.54) is 25.2 Å². The molecule has 1 atom stereocenters. The second kappa shape index (κ2) is 13.0. The molecule has 0 saturated heterocycles. The molecule has 2 amide bonds. The van der Waals surface area contributed by atoms with Crippen LogP contribution in [0.1, 0.15) is 25.8 Å². The van der Waals surface area contributed by atoms with Crippen LogP contribution in [0.25, 0.3) is 0 Å². The van der Waals surface area contributed by atoms with Crippen molar-refractivity contribution in [1.29, 1.82) is 0 Å². The number of amides is 2. The fourth-order valence-electron chi connectivity index (χ4n) is 3.55. The first-order chi connectivity index (χ1) is 16.6. The van der Waals surface area contributed by atoms with Crippen LogP contribution in [-0.4, -0.2) is 71.3 Å². The lowest BCUT2D eigenvalue weighted by molar-refractivity contribution is -0.138. The molecular formula is C25H35N3O6S. The summed E-state index contributed by atoms with van der Waals surface area (Å²) < 4.78 is 37.1. The molecule has 0 bridgehead atoms. The van der Waals surface area contributed by atoms with Gasteiger partial charge in [0, 0.05) is 19.2 Å². The Kier molecular flexibility index (Phi) is 10.4. The van der Waals surface area contributed by atoms with Gasteiger partial charge in [-0.1, -0.05) is 37.3 Å². The SMILES string of the molecule is CCCNC(=O)[C@H](C)N(CCc1ccccc1)C(=O)CN(c1cc(OC)ccc1OC)S(C)(=O)=O. The number of carbonyl (C=O) groups excluding carboxylic acids is 2. The van der Waals surface area contributed by atoms with E-state index in [0.29, 0.717) is 18.7 Å². The molecule has 1 N–H and O–H groups in total. The lowest BCUT2D eigenvalue weighted by atomic mass is 10.1. The maximum atomic E-state index is 13.5. The highest BCUT2D eigenvalue weighted by Gasteiger charge is 2.31. The lowest BCUT2D eigenvalue weighted by Gasteiger charge is -2.32. The van der Waals surface area contributed by atoms with Gasteiger partial charge in [0.15, 0.2) is 0 Å². The highest BCUT2D eigenvalue weighted by molar-refractivity contribution is 7.92. The second-order valence-electron chi connectivity index (χ2n) is 8.10. The van der Waals surface area contributed by atoms with E-state index in [1.807, 2.05) is 37.3 Å². The molecule has 0 aliphatic rings. The number of hydrogen-bond donors (Lipinski definition) is 1. The number of sulfonamides is 1. The summed E-state index contributed by atoms with van der Waals surface area (Å²) in [4.78, 5) is 27.7. The fourth-order valence-corrected chi connectivity index (χ4v) is 4.40. The van der Waals surface area contributed by atoms with Gasteiger partial charge in [-0.2, -0.15) is 0 Å². The molecule has 0 fully saturated rings. The van der Waals surface area contributed by atoms with Gasteiger partial charge in [0.2, 0.25) is 21.8 Å². The summed E-state index contributed by atoms with van der Waals surface area (Å²) in [6, 6.07) is 13.5. The summed E-state index contributed by atoms with van der Waals surface area (Å²) in [5.74, 6) is -0.114. The molecule has 0 unspecified atom stereocenters. The van der Waals surface area contributed by atoms with Crippen molar-refractivity contribution < 1.29 is 27.5 Å². The summed E-state index contributed by atoms with van der Waals surface area (Å²) in [5.41, 5.74) is 1.18. The quantitative estimate of drug-likeness (QED) is 0.448. The highest BCUT2D eigenvalue weighted by Crippen LogP contribution is 2.33. The minimum Gasteiger partial charge on any atom is -0.497 e. The van der Waals surface area contributed by atoms with Crippen molar-refractivity contribution in [1.82, 2.24) is 10.2 Å². The third-order valence-electron chi connectivity index (χ3n) is 5.53. The molecule has 0 aliphatic carbocycles. The molecule has 35 heavy (non-hydrogen) atoms. The van der Waals surface area contributed by atoms with E-state index in [0.717, 1.165) is 22.5 Å². The van der Waals surface area contributed by atoms with Crippen LogP contribution >= 0.6 is 0 Å². The average molecular weight is 506 g/mol. The second-order valence-corrected chi connectivity index (χ2v) is 10.0. The number of nitrogens with zero attached hydrogens (tertiary/aromatic N) is 2. The molecule has 192 valence electrons. The van der Waals surface area contributed by atoms with Crippen LogP contribution < -0.4 is 19.1 Å². The number of hydrogen-bond acceptors (Lipinski definition) is 6. The van der Waals surface area contributed by atoms with Crippen molar-refractivity contribution in [3.05, 3.63) is 54.1 Å². The number of rotatable bonds is 13. The van der Waals surface area contributed by atoms with Gasteiger partial charge in [-0.05, 0) is 37.5 Å². The fraction of sp³-hybridized carbons (Fsp3) is 0.440. The average Bonchev–Trinajstić information content (AvgIpc) is 2.85. The molecule has 2 aromatic carbocycles. The van der Waals surface area contributed by atoms with Crippen molar-refractivity contribution in [3.8, 4) is 11.5 Å². The zero-order valence-corrected chi connectivity index (χ0v) is 21.8. The first kappa shape index (κ1) is 28.0. The van der Waals surface area contributed by atoms with E-state index in [2.05, 4.69) is 5.32 Å². The maximum absolute atomic E-state index is 13.5. The number of carbonyl (C=O) groups is 2. The van der Waals surface area contributed by atoms with Gasteiger partial charge in [-0.15, -0.1) is 0 Å². The maximum Gasteiger partial charge on any atom is 0.244 e. The summed E-state index contributed by atoms with van der Waals surface area (Å²) in [7, 11) is -1.00.